The monoisotopic (exact) mass is 364 g/mol. The molecule has 1 aliphatic heterocycles. The lowest BCUT2D eigenvalue weighted by Crippen LogP contribution is -2.39. The number of rotatable bonds is 6. The van der Waals surface area contributed by atoms with Gasteiger partial charge in [-0.05, 0) is 42.4 Å². The zero-order valence-corrected chi connectivity index (χ0v) is 16.4. The molecule has 27 heavy (non-hydrogen) atoms. The van der Waals surface area contributed by atoms with Crippen molar-refractivity contribution in [3.63, 3.8) is 0 Å². The van der Waals surface area contributed by atoms with E-state index in [1.807, 2.05) is 24.3 Å². The molecule has 0 atom stereocenters. The van der Waals surface area contributed by atoms with Crippen LogP contribution in [0.4, 0.5) is 5.69 Å². The molecule has 0 saturated heterocycles. The number of aryl methyl sites for hydroxylation is 1. The van der Waals surface area contributed by atoms with E-state index in [1.165, 1.54) is 16.7 Å². The molecular formula is C23H28N2O2. The van der Waals surface area contributed by atoms with Crippen LogP contribution in [0.25, 0.3) is 0 Å². The number of hydrogen-bond acceptors (Lipinski definition) is 2. The van der Waals surface area contributed by atoms with Crippen molar-refractivity contribution in [2.45, 2.75) is 45.4 Å². The second kappa shape index (κ2) is 7.95. The summed E-state index contributed by atoms with van der Waals surface area (Å²) in [6.07, 6.45) is 2.02. The first-order valence-corrected chi connectivity index (χ1v) is 9.59. The summed E-state index contributed by atoms with van der Waals surface area (Å²) >= 11 is 0. The number of nitrogens with one attached hydrogen (secondary N) is 1. The van der Waals surface area contributed by atoms with Gasteiger partial charge in [-0.2, -0.15) is 0 Å². The maximum atomic E-state index is 12.5. The fourth-order valence-electron chi connectivity index (χ4n) is 3.53. The van der Waals surface area contributed by atoms with E-state index in [9.17, 15) is 9.59 Å². The molecule has 3 rings (SSSR count). The van der Waals surface area contributed by atoms with E-state index in [4.69, 9.17) is 0 Å². The van der Waals surface area contributed by atoms with Crippen LogP contribution in [0.15, 0.2) is 48.5 Å². The predicted octanol–water partition coefficient (Wildman–Crippen LogP) is 3.76. The minimum atomic E-state index is -0.0804. The third-order valence-electron chi connectivity index (χ3n) is 5.44. The molecule has 1 aliphatic rings. The van der Waals surface area contributed by atoms with Crippen LogP contribution in [-0.4, -0.2) is 24.9 Å². The van der Waals surface area contributed by atoms with Crippen LogP contribution in [0, 0.1) is 6.92 Å². The van der Waals surface area contributed by atoms with E-state index in [-0.39, 0.29) is 23.8 Å². The summed E-state index contributed by atoms with van der Waals surface area (Å²) in [6.45, 7) is 7.11. The SMILES string of the molecule is Cc1ccc(C(C)(C)CCC(=O)NCC(=O)N2CCc3ccccc32)cc1. The zero-order chi connectivity index (χ0) is 19.4. The molecule has 142 valence electrons. The number of carbonyl (C=O) groups excluding carboxylic acids is 2. The van der Waals surface area contributed by atoms with Gasteiger partial charge in [-0.1, -0.05) is 61.9 Å². The Kier molecular flexibility index (Phi) is 5.64. The largest absolute Gasteiger partial charge is 0.347 e. The molecule has 0 fully saturated rings. The second-order valence-corrected chi connectivity index (χ2v) is 7.95. The molecule has 2 amide bonds. The van der Waals surface area contributed by atoms with Crippen molar-refractivity contribution < 1.29 is 9.59 Å². The van der Waals surface area contributed by atoms with Gasteiger partial charge in [-0.3, -0.25) is 9.59 Å². The molecule has 2 aromatic carbocycles. The molecule has 1 N–H and O–H groups in total. The highest BCUT2D eigenvalue weighted by Gasteiger charge is 2.25. The Morgan fingerprint density at radius 2 is 1.78 bits per heavy atom. The molecular weight excluding hydrogens is 336 g/mol. The van der Waals surface area contributed by atoms with Crippen molar-refractivity contribution in [3.05, 3.63) is 65.2 Å². The number of anilines is 1. The topological polar surface area (TPSA) is 49.4 Å². The highest BCUT2D eigenvalue weighted by Crippen LogP contribution is 2.29. The first kappa shape index (κ1) is 19.2. The van der Waals surface area contributed by atoms with Crippen LogP contribution < -0.4 is 10.2 Å². The summed E-state index contributed by atoms with van der Waals surface area (Å²) in [5, 5.41) is 2.79. The molecule has 0 spiro atoms. The molecule has 2 aromatic rings. The Labute approximate surface area is 161 Å². The number of fused-ring (bicyclic) bond motifs is 1. The van der Waals surface area contributed by atoms with Crippen LogP contribution in [0.3, 0.4) is 0 Å². The molecule has 0 unspecified atom stereocenters. The average Bonchev–Trinajstić information content (AvgIpc) is 3.09. The van der Waals surface area contributed by atoms with Crippen LogP contribution >= 0.6 is 0 Å². The Bertz CT molecular complexity index is 825. The molecule has 4 nitrogen and oxygen atoms in total. The molecule has 0 radical (unpaired) electrons. The lowest BCUT2D eigenvalue weighted by atomic mass is 9.80. The third kappa shape index (κ3) is 4.57. The Hall–Kier alpha value is -2.62. The first-order valence-electron chi connectivity index (χ1n) is 9.59. The van der Waals surface area contributed by atoms with Crippen molar-refractivity contribution in [3.8, 4) is 0 Å². The van der Waals surface area contributed by atoms with Gasteiger partial charge < -0.3 is 10.2 Å². The Balaban J connectivity index is 1.48. The van der Waals surface area contributed by atoms with Gasteiger partial charge in [0, 0.05) is 18.7 Å². The van der Waals surface area contributed by atoms with E-state index < -0.39 is 0 Å². The number of carbonyl (C=O) groups is 2. The second-order valence-electron chi connectivity index (χ2n) is 7.95. The molecule has 1 heterocycles. The fraction of sp³-hybridized carbons (Fsp3) is 0.391. The van der Waals surface area contributed by atoms with E-state index in [2.05, 4.69) is 50.4 Å². The summed E-state index contributed by atoms with van der Waals surface area (Å²) in [6, 6.07) is 16.4. The van der Waals surface area contributed by atoms with Gasteiger partial charge in [-0.15, -0.1) is 0 Å². The third-order valence-corrected chi connectivity index (χ3v) is 5.44. The molecule has 0 aliphatic carbocycles. The smallest absolute Gasteiger partial charge is 0.246 e. The van der Waals surface area contributed by atoms with Crippen molar-refractivity contribution >= 4 is 17.5 Å². The predicted molar refractivity (Wildman–Crippen MR) is 109 cm³/mol. The van der Waals surface area contributed by atoms with Crippen LogP contribution in [0.2, 0.25) is 0 Å². The minimum absolute atomic E-state index is 0.0499. The highest BCUT2D eigenvalue weighted by atomic mass is 16.2. The summed E-state index contributed by atoms with van der Waals surface area (Å²) in [7, 11) is 0. The number of nitrogens with zero attached hydrogens (tertiary/aromatic N) is 1. The quantitative estimate of drug-likeness (QED) is 0.848. The number of amides is 2. The van der Waals surface area contributed by atoms with Crippen LogP contribution in [0.1, 0.15) is 43.4 Å². The molecule has 4 heteroatoms. The highest BCUT2D eigenvalue weighted by molar-refractivity contribution is 5.98. The minimum Gasteiger partial charge on any atom is -0.347 e. The summed E-state index contributed by atoms with van der Waals surface area (Å²) in [5.41, 5.74) is 4.54. The maximum Gasteiger partial charge on any atom is 0.246 e. The van der Waals surface area contributed by atoms with Gasteiger partial charge in [0.1, 0.15) is 0 Å². The first-order chi connectivity index (χ1) is 12.9. The van der Waals surface area contributed by atoms with Gasteiger partial charge in [0.15, 0.2) is 0 Å². The zero-order valence-electron chi connectivity index (χ0n) is 16.4. The number of benzene rings is 2. The molecule has 0 aromatic heterocycles. The Morgan fingerprint density at radius 3 is 2.52 bits per heavy atom. The van der Waals surface area contributed by atoms with Crippen molar-refractivity contribution in [1.82, 2.24) is 5.32 Å². The summed E-state index contributed by atoms with van der Waals surface area (Å²) < 4.78 is 0. The van der Waals surface area contributed by atoms with Crippen LogP contribution in [0.5, 0.6) is 0 Å². The Morgan fingerprint density at radius 1 is 1.07 bits per heavy atom. The van der Waals surface area contributed by atoms with Crippen molar-refractivity contribution in [2.24, 2.45) is 0 Å². The van der Waals surface area contributed by atoms with Gasteiger partial charge in [0.25, 0.3) is 0 Å². The summed E-state index contributed by atoms with van der Waals surface area (Å²) in [5.74, 6) is -0.123. The van der Waals surface area contributed by atoms with E-state index in [0.29, 0.717) is 13.0 Å². The number of hydrogen-bond donors (Lipinski definition) is 1. The van der Waals surface area contributed by atoms with Crippen molar-refractivity contribution in [1.29, 1.82) is 0 Å². The van der Waals surface area contributed by atoms with Gasteiger partial charge in [-0.25, -0.2) is 0 Å². The van der Waals surface area contributed by atoms with Gasteiger partial charge >= 0.3 is 0 Å². The maximum absolute atomic E-state index is 12.5. The van der Waals surface area contributed by atoms with E-state index >= 15 is 0 Å². The fourth-order valence-corrected chi connectivity index (χ4v) is 3.53. The van der Waals surface area contributed by atoms with E-state index in [0.717, 1.165) is 18.5 Å². The van der Waals surface area contributed by atoms with Gasteiger partial charge in [0.2, 0.25) is 11.8 Å². The molecule has 0 bridgehead atoms. The average molecular weight is 364 g/mol. The standard InChI is InChI=1S/C23H28N2O2/c1-17-8-10-19(11-9-17)23(2,3)14-12-21(26)24-16-22(27)25-15-13-18-6-4-5-7-20(18)25/h4-11H,12-16H2,1-3H3,(H,24,26). The lowest BCUT2D eigenvalue weighted by Gasteiger charge is -2.25. The number of para-hydroxylation sites is 1. The van der Waals surface area contributed by atoms with Gasteiger partial charge in [0.05, 0.1) is 6.54 Å². The van der Waals surface area contributed by atoms with E-state index in [1.54, 1.807) is 4.90 Å². The lowest BCUT2D eigenvalue weighted by molar-refractivity contribution is -0.125. The van der Waals surface area contributed by atoms with Crippen LogP contribution in [-0.2, 0) is 21.4 Å². The van der Waals surface area contributed by atoms with Crippen molar-refractivity contribution in [2.75, 3.05) is 18.0 Å². The normalized spacial score (nSPS) is 13.4. The summed E-state index contributed by atoms with van der Waals surface area (Å²) in [4.78, 5) is 26.5. The molecule has 0 saturated carbocycles.